The summed E-state index contributed by atoms with van der Waals surface area (Å²) in [6.07, 6.45) is 3.56. The van der Waals surface area contributed by atoms with Crippen LogP contribution in [0.4, 0.5) is 0 Å². The first-order valence-corrected chi connectivity index (χ1v) is 8.34. The summed E-state index contributed by atoms with van der Waals surface area (Å²) in [4.78, 5) is 9.34. The monoisotopic (exact) mass is 320 g/mol. The minimum atomic E-state index is 0.306. The molecule has 4 heteroatoms. The van der Waals surface area contributed by atoms with E-state index >= 15 is 0 Å². The van der Waals surface area contributed by atoms with Gasteiger partial charge in [-0.3, -0.25) is 4.98 Å². The van der Waals surface area contributed by atoms with Crippen molar-refractivity contribution < 1.29 is 9.47 Å². The van der Waals surface area contributed by atoms with Gasteiger partial charge in [-0.05, 0) is 48.1 Å². The molecule has 1 aliphatic heterocycles. The number of para-hydroxylation sites is 1. The van der Waals surface area contributed by atoms with Gasteiger partial charge in [0.2, 0.25) is 6.79 Å². The van der Waals surface area contributed by atoms with E-state index in [0.29, 0.717) is 12.7 Å². The molecule has 0 amide bonds. The number of nitrogens with zero attached hydrogens (tertiary/aromatic N) is 2. The van der Waals surface area contributed by atoms with Gasteiger partial charge in [0, 0.05) is 6.20 Å². The third-order valence-electron chi connectivity index (χ3n) is 4.41. The van der Waals surface area contributed by atoms with Gasteiger partial charge in [-0.25, -0.2) is 4.98 Å². The lowest BCUT2D eigenvalue weighted by molar-refractivity contribution is 0.173. The molecule has 2 heterocycles. The summed E-state index contributed by atoms with van der Waals surface area (Å²) >= 11 is 0. The number of hydrogen-bond donors (Lipinski definition) is 0. The molecule has 3 aromatic rings. The van der Waals surface area contributed by atoms with Crippen LogP contribution in [0.3, 0.4) is 0 Å². The summed E-state index contributed by atoms with van der Waals surface area (Å²) < 4.78 is 11.0. The molecule has 0 N–H and O–H groups in total. The molecule has 0 radical (unpaired) electrons. The highest BCUT2D eigenvalue weighted by Crippen LogP contribution is 2.35. The molecule has 1 aromatic heterocycles. The van der Waals surface area contributed by atoms with Crippen molar-refractivity contribution >= 4 is 11.0 Å². The zero-order valence-electron chi connectivity index (χ0n) is 14.0. The molecule has 0 unspecified atom stereocenters. The van der Waals surface area contributed by atoms with Crippen LogP contribution < -0.4 is 9.47 Å². The first-order valence-electron chi connectivity index (χ1n) is 8.34. The lowest BCUT2D eigenvalue weighted by Gasteiger charge is -2.08. The summed E-state index contributed by atoms with van der Waals surface area (Å²) in [5.74, 6) is 2.19. The molecule has 0 spiro atoms. The SMILES string of the molecule is CC(C)c1ccc2ncc(CCc3cccc4c3OCO4)nc2c1. The quantitative estimate of drug-likeness (QED) is 0.720. The molecule has 4 nitrogen and oxygen atoms in total. The fourth-order valence-electron chi connectivity index (χ4n) is 3.00. The van der Waals surface area contributed by atoms with Crippen LogP contribution in [0.2, 0.25) is 0 Å². The average molecular weight is 320 g/mol. The predicted molar refractivity (Wildman–Crippen MR) is 93.6 cm³/mol. The van der Waals surface area contributed by atoms with Crippen molar-refractivity contribution in [2.45, 2.75) is 32.6 Å². The zero-order valence-corrected chi connectivity index (χ0v) is 14.0. The molecule has 122 valence electrons. The molecule has 0 bridgehead atoms. The molecule has 0 aliphatic carbocycles. The molecule has 2 aromatic carbocycles. The summed E-state index contributed by atoms with van der Waals surface area (Å²) in [7, 11) is 0. The van der Waals surface area contributed by atoms with Gasteiger partial charge in [0.25, 0.3) is 0 Å². The number of aryl methyl sites for hydroxylation is 2. The Bertz CT molecular complexity index is 890. The summed E-state index contributed by atoms with van der Waals surface area (Å²) in [6.45, 7) is 4.69. The van der Waals surface area contributed by atoms with Crippen molar-refractivity contribution in [1.82, 2.24) is 9.97 Å². The lowest BCUT2D eigenvalue weighted by Crippen LogP contribution is -1.99. The van der Waals surface area contributed by atoms with Gasteiger partial charge in [0.05, 0.1) is 16.7 Å². The van der Waals surface area contributed by atoms with Gasteiger partial charge in [-0.1, -0.05) is 32.0 Å². The van der Waals surface area contributed by atoms with Crippen LogP contribution in [0, 0.1) is 0 Å². The Kier molecular flexibility index (Phi) is 3.81. The summed E-state index contributed by atoms with van der Waals surface area (Å²) in [6, 6.07) is 12.4. The molecule has 0 fully saturated rings. The third-order valence-corrected chi connectivity index (χ3v) is 4.41. The highest BCUT2D eigenvalue weighted by molar-refractivity contribution is 5.75. The summed E-state index contributed by atoms with van der Waals surface area (Å²) in [5.41, 5.74) is 5.36. The van der Waals surface area contributed by atoms with E-state index in [4.69, 9.17) is 14.5 Å². The molecule has 0 saturated carbocycles. The molecule has 4 rings (SSSR count). The van der Waals surface area contributed by atoms with E-state index in [1.54, 1.807) is 0 Å². The van der Waals surface area contributed by atoms with Crippen molar-refractivity contribution in [2.24, 2.45) is 0 Å². The minimum absolute atomic E-state index is 0.306. The molecule has 0 atom stereocenters. The van der Waals surface area contributed by atoms with Gasteiger partial charge < -0.3 is 9.47 Å². The van der Waals surface area contributed by atoms with Crippen molar-refractivity contribution in [1.29, 1.82) is 0 Å². The maximum absolute atomic E-state index is 5.57. The second-order valence-corrected chi connectivity index (χ2v) is 6.42. The minimum Gasteiger partial charge on any atom is -0.454 e. The Morgan fingerprint density at radius 2 is 1.96 bits per heavy atom. The molecule has 1 aliphatic rings. The lowest BCUT2D eigenvalue weighted by atomic mass is 10.0. The van der Waals surface area contributed by atoms with Gasteiger partial charge in [0.15, 0.2) is 11.5 Å². The number of fused-ring (bicyclic) bond motifs is 2. The van der Waals surface area contributed by atoms with Crippen LogP contribution in [0.5, 0.6) is 11.5 Å². The Morgan fingerprint density at radius 3 is 2.83 bits per heavy atom. The number of aromatic nitrogens is 2. The fourth-order valence-corrected chi connectivity index (χ4v) is 3.00. The van der Waals surface area contributed by atoms with Gasteiger partial charge in [0.1, 0.15) is 0 Å². The Labute approximate surface area is 141 Å². The van der Waals surface area contributed by atoms with Crippen LogP contribution in [0.15, 0.2) is 42.6 Å². The van der Waals surface area contributed by atoms with Crippen molar-refractivity contribution in [3.63, 3.8) is 0 Å². The second-order valence-electron chi connectivity index (χ2n) is 6.42. The maximum Gasteiger partial charge on any atom is 0.231 e. The zero-order chi connectivity index (χ0) is 16.5. The predicted octanol–water partition coefficient (Wildman–Crippen LogP) is 4.27. The van der Waals surface area contributed by atoms with Crippen molar-refractivity contribution in [3.8, 4) is 11.5 Å². The van der Waals surface area contributed by atoms with E-state index in [-0.39, 0.29) is 0 Å². The number of hydrogen-bond acceptors (Lipinski definition) is 4. The van der Waals surface area contributed by atoms with E-state index in [9.17, 15) is 0 Å². The normalized spacial score (nSPS) is 13.0. The first kappa shape index (κ1) is 14.9. The van der Waals surface area contributed by atoms with Gasteiger partial charge in [-0.15, -0.1) is 0 Å². The number of benzene rings is 2. The van der Waals surface area contributed by atoms with Crippen LogP contribution >= 0.6 is 0 Å². The largest absolute Gasteiger partial charge is 0.454 e. The standard InChI is InChI=1S/C20H20N2O2/c1-13(2)15-7-9-17-18(10-15)22-16(11-21-17)8-6-14-4-3-5-19-20(14)24-12-23-19/h3-5,7,9-11,13H,6,8,12H2,1-2H3. The van der Waals surface area contributed by atoms with Gasteiger partial charge in [-0.2, -0.15) is 0 Å². The van der Waals surface area contributed by atoms with Crippen LogP contribution in [0.25, 0.3) is 11.0 Å². The van der Waals surface area contributed by atoms with Crippen LogP contribution in [-0.2, 0) is 12.8 Å². The highest BCUT2D eigenvalue weighted by Gasteiger charge is 2.17. The molecule has 0 saturated heterocycles. The Balaban J connectivity index is 1.57. The van der Waals surface area contributed by atoms with Crippen molar-refractivity contribution in [3.05, 3.63) is 59.4 Å². The average Bonchev–Trinajstić information content (AvgIpc) is 3.08. The third kappa shape index (κ3) is 2.80. The summed E-state index contributed by atoms with van der Waals surface area (Å²) in [5, 5.41) is 0. The molecular weight excluding hydrogens is 300 g/mol. The van der Waals surface area contributed by atoms with E-state index < -0.39 is 0 Å². The first-order chi connectivity index (χ1) is 11.7. The topological polar surface area (TPSA) is 44.2 Å². The maximum atomic E-state index is 5.57. The van der Waals surface area contributed by atoms with Gasteiger partial charge >= 0.3 is 0 Å². The number of rotatable bonds is 4. The van der Waals surface area contributed by atoms with Crippen molar-refractivity contribution in [2.75, 3.05) is 6.79 Å². The van der Waals surface area contributed by atoms with E-state index in [1.807, 2.05) is 18.3 Å². The molecule has 24 heavy (non-hydrogen) atoms. The Hall–Kier alpha value is -2.62. The van der Waals surface area contributed by atoms with E-state index in [2.05, 4.69) is 43.1 Å². The Morgan fingerprint density at radius 1 is 1.04 bits per heavy atom. The fraction of sp³-hybridized carbons (Fsp3) is 0.300. The second kappa shape index (κ2) is 6.11. The van der Waals surface area contributed by atoms with E-state index in [0.717, 1.165) is 46.6 Å². The smallest absolute Gasteiger partial charge is 0.231 e. The van der Waals surface area contributed by atoms with E-state index in [1.165, 1.54) is 5.56 Å². The van der Waals surface area contributed by atoms with Crippen LogP contribution in [0.1, 0.15) is 36.6 Å². The molecular formula is C20H20N2O2. The van der Waals surface area contributed by atoms with Crippen LogP contribution in [-0.4, -0.2) is 16.8 Å². The highest BCUT2D eigenvalue weighted by atomic mass is 16.7. The number of ether oxygens (including phenoxy) is 2.